The monoisotopic (exact) mass is 282 g/mol. The van der Waals surface area contributed by atoms with Crippen molar-refractivity contribution in [2.75, 3.05) is 31.7 Å². The largest absolute Gasteiger partial charge is 0.383 e. The molecule has 2 heterocycles. The van der Waals surface area contributed by atoms with Gasteiger partial charge in [0, 0.05) is 32.6 Å². The van der Waals surface area contributed by atoms with E-state index in [1.54, 1.807) is 30.4 Å². The number of hydrogen-bond acceptors (Lipinski definition) is 6. The van der Waals surface area contributed by atoms with Crippen LogP contribution < -0.4 is 4.90 Å². The first-order valence-corrected chi connectivity index (χ1v) is 6.26. The third-order valence-corrected chi connectivity index (χ3v) is 2.72. The number of imidazole rings is 1. The molecule has 0 radical (unpaired) electrons. The van der Waals surface area contributed by atoms with Crippen molar-refractivity contribution in [1.29, 1.82) is 0 Å². The number of halogens is 1. The molecule has 0 saturated carbocycles. The second-order valence-corrected chi connectivity index (χ2v) is 4.08. The summed E-state index contributed by atoms with van der Waals surface area (Å²) in [6.45, 7) is 4.06. The summed E-state index contributed by atoms with van der Waals surface area (Å²) in [7, 11) is 1.66. The van der Waals surface area contributed by atoms with Crippen molar-refractivity contribution in [2.45, 2.75) is 6.92 Å². The molecule has 0 aliphatic carbocycles. The number of rotatable bonds is 6. The van der Waals surface area contributed by atoms with Gasteiger partial charge in [-0.15, -0.1) is 0 Å². The van der Waals surface area contributed by atoms with Gasteiger partial charge in [-0.3, -0.25) is 4.57 Å². The Morgan fingerprint density at radius 3 is 2.84 bits per heavy atom. The van der Waals surface area contributed by atoms with Crippen molar-refractivity contribution in [3.63, 3.8) is 0 Å². The molecule has 0 spiro atoms. The maximum absolute atomic E-state index is 5.95. The van der Waals surface area contributed by atoms with Crippen molar-refractivity contribution in [3.05, 3.63) is 24.0 Å². The van der Waals surface area contributed by atoms with Gasteiger partial charge in [0.25, 0.3) is 0 Å². The van der Waals surface area contributed by atoms with E-state index in [-0.39, 0.29) is 5.28 Å². The molecule has 2 rings (SSSR count). The first-order valence-electron chi connectivity index (χ1n) is 5.88. The highest BCUT2D eigenvalue weighted by atomic mass is 35.5. The van der Waals surface area contributed by atoms with Gasteiger partial charge in [-0.2, -0.15) is 15.0 Å². The fourth-order valence-corrected chi connectivity index (χ4v) is 1.72. The predicted octanol–water partition coefficient (Wildman–Crippen LogP) is 1.18. The Hall–Kier alpha value is -1.73. The van der Waals surface area contributed by atoms with Gasteiger partial charge in [-0.1, -0.05) is 0 Å². The topological polar surface area (TPSA) is 69.0 Å². The molecule has 0 N–H and O–H groups in total. The molecule has 0 aliphatic heterocycles. The van der Waals surface area contributed by atoms with E-state index in [2.05, 4.69) is 19.9 Å². The van der Waals surface area contributed by atoms with E-state index in [1.165, 1.54) is 0 Å². The van der Waals surface area contributed by atoms with E-state index in [9.17, 15) is 0 Å². The summed E-state index contributed by atoms with van der Waals surface area (Å²) < 4.78 is 6.75. The summed E-state index contributed by atoms with van der Waals surface area (Å²) in [6.07, 6.45) is 5.02. The highest BCUT2D eigenvalue weighted by Gasteiger charge is 2.12. The number of hydrogen-bond donors (Lipinski definition) is 0. The summed E-state index contributed by atoms with van der Waals surface area (Å²) in [5, 5.41) is 0.157. The van der Waals surface area contributed by atoms with Crippen LogP contribution >= 0.6 is 11.6 Å². The zero-order valence-corrected chi connectivity index (χ0v) is 11.6. The van der Waals surface area contributed by atoms with Crippen LogP contribution in [0.25, 0.3) is 5.95 Å². The second kappa shape index (κ2) is 6.44. The van der Waals surface area contributed by atoms with E-state index in [0.29, 0.717) is 25.0 Å². The van der Waals surface area contributed by atoms with Gasteiger partial charge in [0.05, 0.1) is 6.61 Å². The zero-order valence-electron chi connectivity index (χ0n) is 10.8. The van der Waals surface area contributed by atoms with E-state index < -0.39 is 0 Å². The Bertz CT molecular complexity index is 518. The molecule has 0 amide bonds. The van der Waals surface area contributed by atoms with Gasteiger partial charge in [0.15, 0.2) is 0 Å². The first-order chi connectivity index (χ1) is 9.24. The van der Waals surface area contributed by atoms with Crippen LogP contribution in [0.1, 0.15) is 6.92 Å². The van der Waals surface area contributed by atoms with Crippen molar-refractivity contribution in [2.24, 2.45) is 0 Å². The molecule has 7 nitrogen and oxygen atoms in total. The SMILES string of the molecule is CCN(CCOC)c1nc(Cl)nc(-n2ccnc2)n1. The Balaban J connectivity index is 2.30. The van der Waals surface area contributed by atoms with Crippen LogP contribution in [-0.2, 0) is 4.74 Å². The summed E-state index contributed by atoms with van der Waals surface area (Å²) in [4.78, 5) is 18.5. The molecule has 0 unspecified atom stereocenters. The lowest BCUT2D eigenvalue weighted by Crippen LogP contribution is -2.29. The lowest BCUT2D eigenvalue weighted by Gasteiger charge is -2.20. The van der Waals surface area contributed by atoms with E-state index in [1.807, 2.05) is 11.8 Å². The van der Waals surface area contributed by atoms with E-state index in [0.717, 1.165) is 6.54 Å². The highest BCUT2D eigenvalue weighted by molar-refractivity contribution is 6.28. The van der Waals surface area contributed by atoms with Gasteiger partial charge in [-0.05, 0) is 18.5 Å². The van der Waals surface area contributed by atoms with Crippen molar-refractivity contribution in [3.8, 4) is 5.95 Å². The zero-order chi connectivity index (χ0) is 13.7. The van der Waals surface area contributed by atoms with Crippen LogP contribution in [0.3, 0.4) is 0 Å². The Morgan fingerprint density at radius 1 is 1.37 bits per heavy atom. The van der Waals surface area contributed by atoms with E-state index in [4.69, 9.17) is 16.3 Å². The summed E-state index contributed by atoms with van der Waals surface area (Å²) in [6, 6.07) is 0. The number of methoxy groups -OCH3 is 1. The minimum atomic E-state index is 0.157. The quantitative estimate of drug-likeness (QED) is 0.792. The molecule has 19 heavy (non-hydrogen) atoms. The van der Waals surface area contributed by atoms with Crippen LogP contribution in [0, 0.1) is 0 Å². The molecule has 0 atom stereocenters. The molecule has 0 aliphatic rings. The van der Waals surface area contributed by atoms with Crippen LogP contribution in [0.2, 0.25) is 5.28 Å². The number of ether oxygens (including phenoxy) is 1. The smallest absolute Gasteiger partial charge is 0.241 e. The van der Waals surface area contributed by atoms with Crippen molar-refractivity contribution >= 4 is 17.5 Å². The minimum Gasteiger partial charge on any atom is -0.383 e. The molecular weight excluding hydrogens is 268 g/mol. The Labute approximate surface area is 116 Å². The van der Waals surface area contributed by atoms with Crippen LogP contribution in [-0.4, -0.2) is 51.3 Å². The van der Waals surface area contributed by atoms with Crippen LogP contribution in [0.4, 0.5) is 5.95 Å². The molecule has 2 aromatic rings. The lowest BCUT2D eigenvalue weighted by molar-refractivity contribution is 0.205. The standard InChI is InChI=1S/C11H15ClN6O/c1-3-17(6-7-19-2)10-14-9(12)15-11(16-10)18-5-4-13-8-18/h4-5,8H,3,6-7H2,1-2H3. The molecule has 0 bridgehead atoms. The maximum Gasteiger partial charge on any atom is 0.241 e. The average Bonchev–Trinajstić information content (AvgIpc) is 2.93. The summed E-state index contributed by atoms with van der Waals surface area (Å²) >= 11 is 5.95. The van der Waals surface area contributed by atoms with Crippen molar-refractivity contribution in [1.82, 2.24) is 24.5 Å². The van der Waals surface area contributed by atoms with Gasteiger partial charge < -0.3 is 9.64 Å². The van der Waals surface area contributed by atoms with Gasteiger partial charge in [-0.25, -0.2) is 4.98 Å². The fourth-order valence-electron chi connectivity index (χ4n) is 1.56. The minimum absolute atomic E-state index is 0.157. The summed E-state index contributed by atoms with van der Waals surface area (Å²) in [5.74, 6) is 0.978. The third-order valence-electron chi connectivity index (χ3n) is 2.55. The maximum atomic E-state index is 5.95. The number of aromatic nitrogens is 5. The highest BCUT2D eigenvalue weighted by Crippen LogP contribution is 2.13. The molecular formula is C11H15ClN6O. The molecule has 0 saturated heterocycles. The van der Waals surface area contributed by atoms with Gasteiger partial charge in [0.1, 0.15) is 6.33 Å². The van der Waals surface area contributed by atoms with Gasteiger partial charge in [0.2, 0.25) is 17.2 Å². The predicted molar refractivity (Wildman–Crippen MR) is 71.7 cm³/mol. The lowest BCUT2D eigenvalue weighted by atomic mass is 10.5. The molecule has 102 valence electrons. The summed E-state index contributed by atoms with van der Waals surface area (Å²) in [5.41, 5.74) is 0. The Morgan fingerprint density at radius 2 is 2.21 bits per heavy atom. The average molecular weight is 283 g/mol. The first kappa shape index (κ1) is 13.7. The van der Waals surface area contributed by atoms with Crippen molar-refractivity contribution < 1.29 is 4.74 Å². The molecule has 0 fully saturated rings. The van der Waals surface area contributed by atoms with E-state index >= 15 is 0 Å². The number of nitrogens with zero attached hydrogens (tertiary/aromatic N) is 6. The number of likely N-dealkylation sites (N-methyl/N-ethyl adjacent to an activating group) is 1. The third kappa shape index (κ3) is 3.39. The Kier molecular flexibility index (Phi) is 4.64. The fraction of sp³-hybridized carbons (Fsp3) is 0.455. The normalized spacial score (nSPS) is 10.7. The molecule has 8 heteroatoms. The van der Waals surface area contributed by atoms with Gasteiger partial charge >= 0.3 is 0 Å². The molecule has 0 aromatic carbocycles. The second-order valence-electron chi connectivity index (χ2n) is 3.75. The van der Waals surface area contributed by atoms with Crippen LogP contribution in [0.5, 0.6) is 0 Å². The van der Waals surface area contributed by atoms with Crippen LogP contribution in [0.15, 0.2) is 18.7 Å². The number of anilines is 1. The molecule has 2 aromatic heterocycles.